The molecule has 4 rings (SSSR count). The maximum absolute atomic E-state index is 12.5. The van der Waals surface area contributed by atoms with Gasteiger partial charge in [-0.2, -0.15) is 5.10 Å². The SMILES string of the molecule is CC[NH+](CC)c1ccc(C=NNC(=O)CSc2nnc(-c3ccc(C)cc3)n2C2CCCCC2)c([O-])c1. The Balaban J connectivity index is 1.41. The van der Waals surface area contributed by atoms with Crippen LogP contribution >= 0.6 is 11.8 Å². The van der Waals surface area contributed by atoms with Gasteiger partial charge in [0.15, 0.2) is 11.0 Å². The second-order valence-electron chi connectivity index (χ2n) is 9.48. The second kappa shape index (κ2) is 12.9. The van der Waals surface area contributed by atoms with Crippen LogP contribution in [0.4, 0.5) is 5.69 Å². The number of hydrogen-bond acceptors (Lipinski definition) is 6. The summed E-state index contributed by atoms with van der Waals surface area (Å²) in [4.78, 5) is 13.8. The van der Waals surface area contributed by atoms with E-state index in [1.807, 2.05) is 6.07 Å². The Morgan fingerprint density at radius 3 is 2.54 bits per heavy atom. The van der Waals surface area contributed by atoms with Crippen LogP contribution in [0.5, 0.6) is 5.75 Å². The van der Waals surface area contributed by atoms with Crippen molar-refractivity contribution < 1.29 is 14.8 Å². The minimum atomic E-state index is -0.256. The van der Waals surface area contributed by atoms with Crippen LogP contribution < -0.4 is 15.4 Å². The summed E-state index contributed by atoms with van der Waals surface area (Å²) in [6.45, 7) is 8.08. The first-order chi connectivity index (χ1) is 18.0. The van der Waals surface area contributed by atoms with Crippen molar-refractivity contribution in [1.29, 1.82) is 0 Å². The summed E-state index contributed by atoms with van der Waals surface area (Å²) in [5.41, 5.74) is 6.19. The Labute approximate surface area is 223 Å². The monoisotopic (exact) mass is 520 g/mol. The Kier molecular flexibility index (Phi) is 9.35. The van der Waals surface area contributed by atoms with Crippen molar-refractivity contribution in [2.45, 2.75) is 64.1 Å². The maximum atomic E-state index is 12.5. The summed E-state index contributed by atoms with van der Waals surface area (Å²) in [5, 5.41) is 26.2. The molecule has 0 radical (unpaired) electrons. The zero-order valence-corrected chi connectivity index (χ0v) is 22.7. The maximum Gasteiger partial charge on any atom is 0.250 e. The minimum Gasteiger partial charge on any atom is -0.872 e. The molecule has 0 atom stereocenters. The molecule has 1 fully saturated rings. The molecular formula is C28H36N6O2S. The fourth-order valence-electron chi connectivity index (χ4n) is 4.80. The highest BCUT2D eigenvalue weighted by Gasteiger charge is 2.24. The van der Waals surface area contributed by atoms with Gasteiger partial charge in [-0.1, -0.05) is 66.6 Å². The van der Waals surface area contributed by atoms with Gasteiger partial charge >= 0.3 is 0 Å². The lowest BCUT2D eigenvalue weighted by Gasteiger charge is -2.25. The van der Waals surface area contributed by atoms with Gasteiger partial charge in [-0.3, -0.25) is 9.36 Å². The molecule has 0 spiro atoms. The van der Waals surface area contributed by atoms with Gasteiger partial charge in [0.2, 0.25) is 0 Å². The molecule has 1 heterocycles. The number of benzene rings is 2. The van der Waals surface area contributed by atoms with E-state index in [-0.39, 0.29) is 17.4 Å². The summed E-state index contributed by atoms with van der Waals surface area (Å²) in [7, 11) is 0. The number of hydrazone groups is 1. The lowest BCUT2D eigenvalue weighted by Crippen LogP contribution is -3.06. The molecule has 0 saturated heterocycles. The van der Waals surface area contributed by atoms with Gasteiger partial charge in [0, 0.05) is 11.6 Å². The van der Waals surface area contributed by atoms with Crippen LogP contribution in [0.1, 0.15) is 63.1 Å². The fourth-order valence-corrected chi connectivity index (χ4v) is 5.60. The third kappa shape index (κ3) is 6.78. The summed E-state index contributed by atoms with van der Waals surface area (Å²) >= 11 is 1.37. The van der Waals surface area contributed by atoms with Crippen LogP contribution in [0, 0.1) is 6.92 Å². The standard InChI is InChI=1S/C28H36N6O2S/c1-4-33(5-2)24-16-15-22(25(35)17-24)18-29-30-26(36)19-37-28-32-31-27(21-13-11-20(3)12-14-21)34(28)23-9-7-6-8-10-23/h11-18,23,35H,4-10,19H2,1-3H3,(H,30,36). The summed E-state index contributed by atoms with van der Waals surface area (Å²) < 4.78 is 2.22. The van der Waals surface area contributed by atoms with E-state index in [0.717, 1.165) is 48.2 Å². The number of carbonyl (C=O) groups excluding carboxylic acids is 1. The van der Waals surface area contributed by atoms with Crippen LogP contribution in [0.15, 0.2) is 52.7 Å². The van der Waals surface area contributed by atoms with Crippen LogP contribution in [-0.2, 0) is 4.79 Å². The number of rotatable bonds is 10. The van der Waals surface area contributed by atoms with E-state index >= 15 is 0 Å². The van der Waals surface area contributed by atoms with Gasteiger partial charge in [-0.05, 0) is 57.4 Å². The Hall–Kier alpha value is -3.17. The van der Waals surface area contributed by atoms with Crippen molar-refractivity contribution in [3.8, 4) is 17.1 Å². The Morgan fingerprint density at radius 2 is 1.86 bits per heavy atom. The summed E-state index contributed by atoms with van der Waals surface area (Å²) in [6, 6.07) is 14.0. The molecule has 0 unspecified atom stereocenters. The number of thioether (sulfide) groups is 1. The molecule has 1 aromatic heterocycles. The van der Waals surface area contributed by atoms with Crippen LogP contribution in [-0.4, -0.2) is 45.7 Å². The molecule has 37 heavy (non-hydrogen) atoms. The Bertz CT molecular complexity index is 1210. The molecular weight excluding hydrogens is 484 g/mol. The average molecular weight is 521 g/mol. The molecule has 1 saturated carbocycles. The number of carbonyl (C=O) groups is 1. The van der Waals surface area contributed by atoms with E-state index in [9.17, 15) is 9.90 Å². The van der Waals surface area contributed by atoms with Crippen molar-refractivity contribution in [2.75, 3.05) is 18.8 Å². The van der Waals surface area contributed by atoms with Crippen LogP contribution in [0.3, 0.4) is 0 Å². The van der Waals surface area contributed by atoms with E-state index in [1.165, 1.54) is 47.7 Å². The Morgan fingerprint density at radius 1 is 1.14 bits per heavy atom. The summed E-state index contributed by atoms with van der Waals surface area (Å²) in [6.07, 6.45) is 7.22. The molecule has 0 bridgehead atoms. The first-order valence-corrected chi connectivity index (χ1v) is 14.1. The third-order valence-electron chi connectivity index (χ3n) is 6.91. The number of nitrogens with one attached hydrogen (secondary N) is 2. The topological polar surface area (TPSA) is 99.7 Å². The van der Waals surface area contributed by atoms with Crippen molar-refractivity contribution >= 4 is 29.6 Å². The van der Waals surface area contributed by atoms with E-state index in [1.54, 1.807) is 12.1 Å². The van der Waals surface area contributed by atoms with Gasteiger partial charge in [0.05, 0.1) is 25.1 Å². The highest BCUT2D eigenvalue weighted by atomic mass is 32.2. The number of amides is 1. The first-order valence-electron chi connectivity index (χ1n) is 13.1. The molecule has 3 aromatic rings. The van der Waals surface area contributed by atoms with Crippen molar-refractivity contribution in [2.24, 2.45) is 5.10 Å². The second-order valence-corrected chi connectivity index (χ2v) is 10.4. The normalized spacial score (nSPS) is 14.5. The number of nitrogens with zero attached hydrogens (tertiary/aromatic N) is 4. The fraction of sp³-hybridized carbons (Fsp3) is 0.429. The molecule has 2 N–H and O–H groups in total. The zero-order chi connectivity index (χ0) is 26.2. The van der Waals surface area contributed by atoms with Gasteiger partial charge in [-0.15, -0.1) is 10.2 Å². The predicted molar refractivity (Wildman–Crippen MR) is 146 cm³/mol. The zero-order valence-electron chi connectivity index (χ0n) is 21.9. The van der Waals surface area contributed by atoms with E-state index in [0.29, 0.717) is 11.6 Å². The van der Waals surface area contributed by atoms with Gasteiger partial charge in [-0.25, -0.2) is 5.43 Å². The van der Waals surface area contributed by atoms with Gasteiger partial charge in [0.25, 0.3) is 5.91 Å². The molecule has 196 valence electrons. The van der Waals surface area contributed by atoms with Crippen molar-refractivity contribution in [3.63, 3.8) is 0 Å². The van der Waals surface area contributed by atoms with Crippen molar-refractivity contribution in [3.05, 3.63) is 53.6 Å². The van der Waals surface area contributed by atoms with E-state index in [2.05, 4.69) is 70.3 Å². The third-order valence-corrected chi connectivity index (χ3v) is 7.86. The predicted octanol–water partition coefficient (Wildman–Crippen LogP) is 3.63. The molecule has 8 nitrogen and oxygen atoms in total. The lowest BCUT2D eigenvalue weighted by molar-refractivity contribution is -0.828. The highest BCUT2D eigenvalue weighted by molar-refractivity contribution is 7.99. The molecule has 1 aliphatic carbocycles. The number of aryl methyl sites for hydroxylation is 1. The quantitative estimate of drug-likeness (QED) is 0.242. The van der Waals surface area contributed by atoms with Crippen LogP contribution in [0.2, 0.25) is 0 Å². The summed E-state index contributed by atoms with van der Waals surface area (Å²) in [5.74, 6) is 0.650. The van der Waals surface area contributed by atoms with E-state index < -0.39 is 0 Å². The smallest absolute Gasteiger partial charge is 0.250 e. The van der Waals surface area contributed by atoms with Crippen molar-refractivity contribution in [1.82, 2.24) is 20.2 Å². The van der Waals surface area contributed by atoms with Gasteiger partial charge in [0.1, 0.15) is 5.69 Å². The van der Waals surface area contributed by atoms with Gasteiger partial charge < -0.3 is 10.0 Å². The highest BCUT2D eigenvalue weighted by Crippen LogP contribution is 2.35. The molecule has 2 aromatic carbocycles. The average Bonchev–Trinajstić information content (AvgIpc) is 3.34. The van der Waals surface area contributed by atoms with Crippen LogP contribution in [0.25, 0.3) is 11.4 Å². The molecule has 1 aliphatic rings. The molecule has 9 heteroatoms. The number of hydrogen-bond donors (Lipinski definition) is 2. The largest absolute Gasteiger partial charge is 0.872 e. The number of quaternary nitrogens is 1. The lowest BCUT2D eigenvalue weighted by atomic mass is 9.95. The first kappa shape index (κ1) is 26.9. The molecule has 0 aliphatic heterocycles. The minimum absolute atomic E-state index is 0.103. The van der Waals surface area contributed by atoms with E-state index in [4.69, 9.17) is 0 Å². The number of aromatic nitrogens is 3. The molecule has 1 amide bonds.